The van der Waals surface area contributed by atoms with E-state index in [0.717, 1.165) is 5.82 Å². The zero-order valence-corrected chi connectivity index (χ0v) is 8.27. The van der Waals surface area contributed by atoms with Crippen molar-refractivity contribution in [2.45, 2.75) is 32.9 Å². The monoisotopic (exact) mass is 198 g/mol. The number of carboxylic acid groups (broad SMARTS) is 1. The van der Waals surface area contributed by atoms with Crippen LogP contribution in [-0.4, -0.2) is 31.9 Å². The Labute approximate surface area is 81.7 Å². The van der Waals surface area contributed by atoms with Gasteiger partial charge in [0, 0.05) is 6.54 Å². The Kier molecular flexibility index (Phi) is 3.19. The molecule has 3 N–H and O–H groups in total. The van der Waals surface area contributed by atoms with Gasteiger partial charge in [0.05, 0.1) is 0 Å². The molecule has 1 atom stereocenters. The summed E-state index contributed by atoms with van der Waals surface area (Å²) in [7, 11) is 0. The fourth-order valence-corrected chi connectivity index (χ4v) is 1.16. The maximum Gasteiger partial charge on any atom is 0.320 e. The Balaban J connectivity index is 2.53. The third-order valence-electron chi connectivity index (χ3n) is 1.93. The molecule has 0 aliphatic rings. The van der Waals surface area contributed by atoms with Crippen molar-refractivity contribution in [3.05, 3.63) is 11.6 Å². The smallest absolute Gasteiger partial charge is 0.320 e. The molecule has 78 valence electrons. The van der Waals surface area contributed by atoms with Crippen molar-refractivity contribution in [2.24, 2.45) is 5.73 Å². The molecule has 0 amide bonds. The molecule has 0 radical (unpaired) electrons. The van der Waals surface area contributed by atoms with Crippen LogP contribution in [0.1, 0.15) is 18.1 Å². The van der Waals surface area contributed by atoms with Gasteiger partial charge < -0.3 is 10.8 Å². The first kappa shape index (κ1) is 10.6. The van der Waals surface area contributed by atoms with Crippen molar-refractivity contribution in [1.29, 1.82) is 0 Å². The predicted octanol–water partition coefficient (Wildman–Crippen LogP) is -0.303. The first-order valence-electron chi connectivity index (χ1n) is 4.37. The molecule has 0 aliphatic heterocycles. The fourth-order valence-electron chi connectivity index (χ4n) is 1.16. The molecular formula is C8H14N4O2. The van der Waals surface area contributed by atoms with Crippen LogP contribution in [0.25, 0.3) is 0 Å². The molecule has 1 aromatic heterocycles. The molecule has 1 rings (SSSR count). The maximum absolute atomic E-state index is 10.4. The molecule has 1 unspecified atom stereocenters. The molecule has 0 aliphatic carbocycles. The second kappa shape index (κ2) is 4.19. The average Bonchev–Trinajstić information content (AvgIpc) is 2.40. The second-order valence-electron chi connectivity index (χ2n) is 3.16. The standard InChI is InChI=1S/C8H14N4O2/c1-5-10-6(2)12(11-5)4-3-7(9)8(13)14/h7H,3-4,9H2,1-2H3,(H,13,14). The van der Waals surface area contributed by atoms with Crippen LogP contribution in [0.15, 0.2) is 0 Å². The predicted molar refractivity (Wildman–Crippen MR) is 49.7 cm³/mol. The number of aliphatic carboxylic acids is 1. The van der Waals surface area contributed by atoms with E-state index < -0.39 is 12.0 Å². The molecule has 0 fully saturated rings. The highest BCUT2D eigenvalue weighted by atomic mass is 16.4. The van der Waals surface area contributed by atoms with E-state index in [-0.39, 0.29) is 0 Å². The lowest BCUT2D eigenvalue weighted by Gasteiger charge is -2.06. The second-order valence-corrected chi connectivity index (χ2v) is 3.16. The summed E-state index contributed by atoms with van der Waals surface area (Å²) in [6, 6.07) is -0.834. The van der Waals surface area contributed by atoms with Crippen LogP contribution >= 0.6 is 0 Å². The lowest BCUT2D eigenvalue weighted by molar-refractivity contribution is -0.138. The average molecular weight is 198 g/mol. The minimum Gasteiger partial charge on any atom is -0.480 e. The SMILES string of the molecule is Cc1nc(C)n(CCC(N)C(=O)O)n1. The van der Waals surface area contributed by atoms with Crippen LogP contribution in [0.2, 0.25) is 0 Å². The number of aryl methyl sites for hydroxylation is 3. The van der Waals surface area contributed by atoms with Gasteiger partial charge >= 0.3 is 5.97 Å². The number of carboxylic acids is 1. The van der Waals surface area contributed by atoms with Crippen LogP contribution in [0, 0.1) is 13.8 Å². The summed E-state index contributed by atoms with van der Waals surface area (Å²) < 4.78 is 1.66. The number of nitrogens with zero attached hydrogens (tertiary/aromatic N) is 3. The molecule has 0 bridgehead atoms. The highest BCUT2D eigenvalue weighted by Gasteiger charge is 2.12. The van der Waals surface area contributed by atoms with Crippen molar-refractivity contribution in [2.75, 3.05) is 0 Å². The summed E-state index contributed by atoms with van der Waals surface area (Å²) in [5.74, 6) is 0.478. The number of hydrogen-bond donors (Lipinski definition) is 2. The molecular weight excluding hydrogens is 184 g/mol. The highest BCUT2D eigenvalue weighted by molar-refractivity contribution is 5.72. The summed E-state index contributed by atoms with van der Waals surface area (Å²) in [4.78, 5) is 14.5. The number of nitrogens with two attached hydrogens (primary N) is 1. The summed E-state index contributed by atoms with van der Waals surface area (Å²) in [6.07, 6.45) is 0.360. The van der Waals surface area contributed by atoms with Gasteiger partial charge in [-0.2, -0.15) is 5.10 Å². The lowest BCUT2D eigenvalue weighted by atomic mass is 10.2. The van der Waals surface area contributed by atoms with Gasteiger partial charge in [-0.3, -0.25) is 9.48 Å². The molecule has 0 spiro atoms. The summed E-state index contributed by atoms with van der Waals surface area (Å²) in [5.41, 5.74) is 5.36. The van der Waals surface area contributed by atoms with Gasteiger partial charge in [-0.15, -0.1) is 0 Å². The lowest BCUT2D eigenvalue weighted by Crippen LogP contribution is -2.31. The van der Waals surface area contributed by atoms with Gasteiger partial charge in [-0.25, -0.2) is 4.98 Å². The van der Waals surface area contributed by atoms with E-state index in [1.807, 2.05) is 6.92 Å². The Bertz CT molecular complexity index is 334. The Hall–Kier alpha value is -1.43. The van der Waals surface area contributed by atoms with Gasteiger partial charge in [0.25, 0.3) is 0 Å². The summed E-state index contributed by atoms with van der Waals surface area (Å²) in [5, 5.41) is 12.7. The third-order valence-corrected chi connectivity index (χ3v) is 1.93. The Morgan fingerprint density at radius 3 is 2.71 bits per heavy atom. The van der Waals surface area contributed by atoms with E-state index >= 15 is 0 Å². The van der Waals surface area contributed by atoms with Gasteiger partial charge in [0.15, 0.2) is 0 Å². The van der Waals surface area contributed by atoms with E-state index in [1.165, 1.54) is 0 Å². The minimum atomic E-state index is -0.987. The van der Waals surface area contributed by atoms with Gasteiger partial charge in [-0.1, -0.05) is 0 Å². The molecule has 0 aromatic carbocycles. The van der Waals surface area contributed by atoms with Crippen molar-refractivity contribution in [3.63, 3.8) is 0 Å². The fraction of sp³-hybridized carbons (Fsp3) is 0.625. The van der Waals surface area contributed by atoms with E-state index in [2.05, 4.69) is 10.1 Å². The molecule has 6 heteroatoms. The molecule has 1 aromatic rings. The van der Waals surface area contributed by atoms with Crippen molar-refractivity contribution < 1.29 is 9.90 Å². The van der Waals surface area contributed by atoms with Gasteiger partial charge in [0.2, 0.25) is 0 Å². The van der Waals surface area contributed by atoms with Crippen molar-refractivity contribution in [3.8, 4) is 0 Å². The molecule has 0 saturated carbocycles. The number of aromatic nitrogens is 3. The van der Waals surface area contributed by atoms with E-state index in [9.17, 15) is 4.79 Å². The molecule has 1 heterocycles. The third kappa shape index (κ3) is 2.53. The van der Waals surface area contributed by atoms with E-state index in [4.69, 9.17) is 10.8 Å². The topological polar surface area (TPSA) is 94.0 Å². The van der Waals surface area contributed by atoms with Crippen molar-refractivity contribution >= 4 is 5.97 Å². The van der Waals surface area contributed by atoms with Gasteiger partial charge in [0.1, 0.15) is 17.7 Å². The maximum atomic E-state index is 10.4. The first-order chi connectivity index (χ1) is 6.50. The summed E-state index contributed by atoms with van der Waals surface area (Å²) >= 11 is 0. The normalized spacial score (nSPS) is 12.8. The first-order valence-corrected chi connectivity index (χ1v) is 4.37. The zero-order valence-electron chi connectivity index (χ0n) is 8.27. The van der Waals surface area contributed by atoms with Crippen LogP contribution in [0.4, 0.5) is 0 Å². The zero-order chi connectivity index (χ0) is 10.7. The van der Waals surface area contributed by atoms with Crippen LogP contribution in [0.5, 0.6) is 0 Å². The number of hydrogen-bond acceptors (Lipinski definition) is 4. The molecule has 0 saturated heterocycles. The van der Waals surface area contributed by atoms with E-state index in [0.29, 0.717) is 18.8 Å². The molecule has 6 nitrogen and oxygen atoms in total. The van der Waals surface area contributed by atoms with Crippen LogP contribution in [-0.2, 0) is 11.3 Å². The minimum absolute atomic E-state index is 0.360. The number of carbonyl (C=O) groups is 1. The van der Waals surface area contributed by atoms with Crippen LogP contribution in [0.3, 0.4) is 0 Å². The summed E-state index contributed by atoms with van der Waals surface area (Å²) in [6.45, 7) is 4.10. The van der Waals surface area contributed by atoms with Crippen LogP contribution < -0.4 is 5.73 Å². The van der Waals surface area contributed by atoms with E-state index in [1.54, 1.807) is 11.6 Å². The largest absolute Gasteiger partial charge is 0.480 e. The van der Waals surface area contributed by atoms with Gasteiger partial charge in [-0.05, 0) is 20.3 Å². The highest BCUT2D eigenvalue weighted by Crippen LogP contribution is 1.99. The van der Waals surface area contributed by atoms with Crippen molar-refractivity contribution in [1.82, 2.24) is 14.8 Å². The Morgan fingerprint density at radius 1 is 1.64 bits per heavy atom. The Morgan fingerprint density at radius 2 is 2.29 bits per heavy atom. The number of rotatable bonds is 4. The molecule has 14 heavy (non-hydrogen) atoms. The quantitative estimate of drug-likeness (QED) is 0.692.